The van der Waals surface area contributed by atoms with Crippen molar-refractivity contribution in [2.75, 3.05) is 11.9 Å². The molecule has 1 aromatic heterocycles. The van der Waals surface area contributed by atoms with Gasteiger partial charge in [0.15, 0.2) is 0 Å². The third-order valence-electron chi connectivity index (χ3n) is 3.49. The minimum Gasteiger partial charge on any atom is -0.492 e. The number of benzene rings is 1. The van der Waals surface area contributed by atoms with E-state index in [1.54, 1.807) is 11.3 Å². The monoisotopic (exact) mass is 317 g/mol. The number of rotatable bonds is 5. The van der Waals surface area contributed by atoms with Crippen molar-refractivity contribution in [1.29, 1.82) is 0 Å². The lowest BCUT2D eigenvalue weighted by Crippen LogP contribution is -2.14. The topological polar surface area (TPSA) is 47.6 Å². The molecule has 1 atom stereocenters. The van der Waals surface area contributed by atoms with E-state index in [1.165, 1.54) is 0 Å². The minimum absolute atomic E-state index is 0.0469. The molecule has 1 aromatic carbocycles. The Kier molecular flexibility index (Phi) is 4.34. The van der Waals surface area contributed by atoms with Crippen LogP contribution in [0.4, 0.5) is 5.69 Å². The quantitative estimate of drug-likeness (QED) is 0.915. The Balaban J connectivity index is 1.79. The van der Waals surface area contributed by atoms with Gasteiger partial charge in [-0.25, -0.2) is 0 Å². The van der Waals surface area contributed by atoms with Crippen LogP contribution in [0.15, 0.2) is 29.6 Å². The lowest BCUT2D eigenvalue weighted by Gasteiger charge is -2.13. The van der Waals surface area contributed by atoms with Gasteiger partial charge in [-0.15, -0.1) is 11.3 Å². The van der Waals surface area contributed by atoms with Crippen molar-refractivity contribution in [3.8, 4) is 11.5 Å². The van der Waals surface area contributed by atoms with Gasteiger partial charge in [0.2, 0.25) is 5.91 Å². The smallest absolute Gasteiger partial charge is 0.229 e. The summed E-state index contributed by atoms with van der Waals surface area (Å²) in [7, 11) is 0. The normalized spacial score (nSPS) is 16.0. The molecule has 0 radical (unpaired) electrons. The largest absolute Gasteiger partial charge is 0.492 e. The fraction of sp³-hybridized carbons (Fsp3) is 0.353. The van der Waals surface area contributed by atoms with Crippen LogP contribution in [0.1, 0.15) is 24.3 Å². The maximum Gasteiger partial charge on any atom is 0.229 e. The van der Waals surface area contributed by atoms with E-state index in [9.17, 15) is 4.79 Å². The summed E-state index contributed by atoms with van der Waals surface area (Å²) >= 11 is 1.58. The van der Waals surface area contributed by atoms with Crippen molar-refractivity contribution in [2.24, 2.45) is 0 Å². The second kappa shape index (κ2) is 6.40. The highest BCUT2D eigenvalue weighted by molar-refractivity contribution is 7.10. The number of hydrogen-bond acceptors (Lipinski definition) is 4. The molecule has 0 saturated heterocycles. The van der Waals surface area contributed by atoms with Gasteiger partial charge in [-0.05, 0) is 31.4 Å². The molecule has 4 nitrogen and oxygen atoms in total. The van der Waals surface area contributed by atoms with Crippen LogP contribution in [0.5, 0.6) is 11.5 Å². The summed E-state index contributed by atoms with van der Waals surface area (Å²) in [6.07, 6.45) is 1.41. The minimum atomic E-state index is -0.0469. The van der Waals surface area contributed by atoms with Crippen LogP contribution >= 0.6 is 11.3 Å². The number of hydrogen-bond donors (Lipinski definition) is 1. The second-order valence-electron chi connectivity index (χ2n) is 5.33. The number of amides is 1. The van der Waals surface area contributed by atoms with Crippen molar-refractivity contribution in [3.63, 3.8) is 0 Å². The lowest BCUT2D eigenvalue weighted by atomic mass is 10.1. The van der Waals surface area contributed by atoms with Crippen molar-refractivity contribution >= 4 is 22.9 Å². The highest BCUT2D eigenvalue weighted by Gasteiger charge is 2.22. The summed E-state index contributed by atoms with van der Waals surface area (Å²) in [6, 6.07) is 7.75. The Morgan fingerprint density at radius 1 is 1.50 bits per heavy atom. The van der Waals surface area contributed by atoms with E-state index in [2.05, 4.69) is 5.32 Å². The summed E-state index contributed by atoms with van der Waals surface area (Å²) in [6.45, 7) is 4.53. The molecule has 1 aliphatic heterocycles. The van der Waals surface area contributed by atoms with Crippen LogP contribution in [0, 0.1) is 0 Å². The van der Waals surface area contributed by atoms with E-state index in [0.29, 0.717) is 24.5 Å². The number of ether oxygens (including phenoxy) is 2. The molecule has 0 saturated carbocycles. The van der Waals surface area contributed by atoms with Crippen LogP contribution in [0.3, 0.4) is 0 Å². The Labute approximate surface area is 134 Å². The van der Waals surface area contributed by atoms with E-state index in [-0.39, 0.29) is 12.0 Å². The molecule has 22 heavy (non-hydrogen) atoms. The summed E-state index contributed by atoms with van der Waals surface area (Å²) in [4.78, 5) is 13.2. The molecule has 0 aliphatic carbocycles. The Morgan fingerprint density at radius 2 is 2.36 bits per heavy atom. The fourth-order valence-electron chi connectivity index (χ4n) is 2.58. The molecule has 116 valence electrons. The molecule has 2 aromatic rings. The molecule has 3 rings (SSSR count). The number of carbonyl (C=O) groups is 1. The van der Waals surface area contributed by atoms with Crippen LogP contribution in [-0.2, 0) is 17.6 Å². The molecule has 1 amide bonds. The van der Waals surface area contributed by atoms with Crippen LogP contribution in [0.25, 0.3) is 0 Å². The molecule has 2 heterocycles. The van der Waals surface area contributed by atoms with Gasteiger partial charge < -0.3 is 14.8 Å². The van der Waals surface area contributed by atoms with E-state index in [0.717, 1.165) is 22.6 Å². The van der Waals surface area contributed by atoms with E-state index in [1.807, 2.05) is 43.5 Å². The first kappa shape index (κ1) is 14.9. The predicted octanol–water partition coefficient (Wildman–Crippen LogP) is 3.65. The zero-order valence-corrected chi connectivity index (χ0v) is 13.5. The zero-order valence-electron chi connectivity index (χ0n) is 12.7. The first-order valence-corrected chi connectivity index (χ1v) is 8.32. The number of anilines is 1. The Bertz CT molecular complexity index is 667. The standard InChI is InChI=1S/C17H19NO3S/c1-3-20-16-8-12-7-11(2)21-15(12)10-14(16)18-17(19)9-13-5-4-6-22-13/h4-6,8,10-11H,3,7,9H2,1-2H3,(H,18,19). The average Bonchev–Trinajstić information content (AvgIpc) is 3.07. The number of nitrogens with one attached hydrogen (secondary N) is 1. The Morgan fingerprint density at radius 3 is 3.09 bits per heavy atom. The summed E-state index contributed by atoms with van der Waals surface area (Å²) in [5.41, 5.74) is 1.81. The fourth-order valence-corrected chi connectivity index (χ4v) is 3.28. The third-order valence-corrected chi connectivity index (χ3v) is 4.36. The van der Waals surface area contributed by atoms with Crippen molar-refractivity contribution in [3.05, 3.63) is 40.1 Å². The van der Waals surface area contributed by atoms with Crippen LogP contribution in [-0.4, -0.2) is 18.6 Å². The van der Waals surface area contributed by atoms with Gasteiger partial charge in [-0.1, -0.05) is 6.07 Å². The molecular weight excluding hydrogens is 298 g/mol. The zero-order chi connectivity index (χ0) is 15.5. The van der Waals surface area contributed by atoms with Gasteiger partial charge in [0.1, 0.15) is 17.6 Å². The maximum absolute atomic E-state index is 12.2. The summed E-state index contributed by atoms with van der Waals surface area (Å²) in [5, 5.41) is 4.91. The van der Waals surface area contributed by atoms with Crippen LogP contribution in [0.2, 0.25) is 0 Å². The highest BCUT2D eigenvalue weighted by atomic mass is 32.1. The molecule has 0 fully saturated rings. The van der Waals surface area contributed by atoms with E-state index in [4.69, 9.17) is 9.47 Å². The van der Waals surface area contributed by atoms with Gasteiger partial charge in [0, 0.05) is 22.9 Å². The molecule has 0 bridgehead atoms. The van der Waals surface area contributed by atoms with E-state index >= 15 is 0 Å². The van der Waals surface area contributed by atoms with Crippen molar-refractivity contribution < 1.29 is 14.3 Å². The first-order chi connectivity index (χ1) is 10.7. The lowest BCUT2D eigenvalue weighted by molar-refractivity contribution is -0.115. The average molecular weight is 317 g/mol. The number of thiophene rings is 1. The molecule has 5 heteroatoms. The first-order valence-electron chi connectivity index (χ1n) is 7.44. The van der Waals surface area contributed by atoms with Crippen molar-refractivity contribution in [1.82, 2.24) is 0 Å². The predicted molar refractivity (Wildman–Crippen MR) is 88.1 cm³/mol. The van der Waals surface area contributed by atoms with Crippen molar-refractivity contribution in [2.45, 2.75) is 32.8 Å². The Hall–Kier alpha value is -2.01. The van der Waals surface area contributed by atoms with Crippen LogP contribution < -0.4 is 14.8 Å². The van der Waals surface area contributed by atoms with Gasteiger partial charge >= 0.3 is 0 Å². The van der Waals surface area contributed by atoms with Gasteiger partial charge in [0.25, 0.3) is 0 Å². The highest BCUT2D eigenvalue weighted by Crippen LogP contribution is 2.38. The molecular formula is C17H19NO3S. The summed E-state index contributed by atoms with van der Waals surface area (Å²) < 4.78 is 11.4. The third kappa shape index (κ3) is 3.25. The number of carbonyl (C=O) groups excluding carboxylic acids is 1. The SMILES string of the molecule is CCOc1cc2c(cc1NC(=O)Cc1cccs1)OC(C)C2. The number of fused-ring (bicyclic) bond motifs is 1. The summed E-state index contributed by atoms with van der Waals surface area (Å²) in [5.74, 6) is 1.50. The van der Waals surface area contributed by atoms with E-state index < -0.39 is 0 Å². The molecule has 0 spiro atoms. The molecule has 1 aliphatic rings. The van der Waals surface area contributed by atoms with Gasteiger partial charge in [-0.3, -0.25) is 4.79 Å². The molecule has 1 unspecified atom stereocenters. The molecule has 1 N–H and O–H groups in total. The van der Waals surface area contributed by atoms with Gasteiger partial charge in [-0.2, -0.15) is 0 Å². The maximum atomic E-state index is 12.2. The second-order valence-corrected chi connectivity index (χ2v) is 6.36. The van der Waals surface area contributed by atoms with Gasteiger partial charge in [0.05, 0.1) is 18.7 Å².